The fourth-order valence-electron chi connectivity index (χ4n) is 3.69. The van der Waals surface area contributed by atoms with E-state index in [1.807, 2.05) is 36.1 Å². The summed E-state index contributed by atoms with van der Waals surface area (Å²) < 4.78 is 5.69. The molecule has 2 aliphatic rings. The van der Waals surface area contributed by atoms with Crippen molar-refractivity contribution >= 4 is 6.03 Å². The lowest BCUT2D eigenvalue weighted by Gasteiger charge is -2.28. The summed E-state index contributed by atoms with van der Waals surface area (Å²) in [6.45, 7) is 7.38. The number of aryl methyl sites for hydroxylation is 1. The van der Waals surface area contributed by atoms with Crippen LogP contribution < -0.4 is 10.1 Å². The van der Waals surface area contributed by atoms with Gasteiger partial charge in [0.15, 0.2) is 0 Å². The van der Waals surface area contributed by atoms with Gasteiger partial charge in [-0.3, -0.25) is 0 Å². The molecule has 1 N–H and O–H groups in total. The van der Waals surface area contributed by atoms with Crippen molar-refractivity contribution in [2.75, 3.05) is 39.3 Å². The summed E-state index contributed by atoms with van der Waals surface area (Å²) in [6.07, 6.45) is 4.85. The first kappa shape index (κ1) is 17.1. The Bertz CT molecular complexity index is 543. The molecular formula is C19H29N3O2. The Hall–Kier alpha value is -1.75. The van der Waals surface area contributed by atoms with Gasteiger partial charge < -0.3 is 19.9 Å². The van der Waals surface area contributed by atoms with Gasteiger partial charge in [0.1, 0.15) is 12.4 Å². The molecule has 0 radical (unpaired) electrons. The third kappa shape index (κ3) is 4.63. The van der Waals surface area contributed by atoms with Crippen LogP contribution in [-0.2, 0) is 0 Å². The topological polar surface area (TPSA) is 44.8 Å². The molecule has 0 unspecified atom stereocenters. The summed E-state index contributed by atoms with van der Waals surface area (Å²) in [4.78, 5) is 17.0. The Morgan fingerprint density at radius 1 is 1.25 bits per heavy atom. The molecule has 2 saturated heterocycles. The van der Waals surface area contributed by atoms with Crippen LogP contribution in [-0.4, -0.2) is 61.2 Å². The maximum absolute atomic E-state index is 12.4. The number of hydrogen-bond acceptors (Lipinski definition) is 3. The Morgan fingerprint density at radius 2 is 2.08 bits per heavy atom. The smallest absolute Gasteiger partial charge is 0.317 e. The van der Waals surface area contributed by atoms with E-state index in [0.717, 1.165) is 31.7 Å². The van der Waals surface area contributed by atoms with Crippen LogP contribution in [0.1, 0.15) is 31.2 Å². The molecule has 1 atom stereocenters. The highest BCUT2D eigenvalue weighted by molar-refractivity contribution is 5.74. The van der Waals surface area contributed by atoms with E-state index < -0.39 is 0 Å². The minimum absolute atomic E-state index is 0.0598. The van der Waals surface area contributed by atoms with Crippen LogP contribution in [0, 0.1) is 6.92 Å². The van der Waals surface area contributed by atoms with Crippen LogP contribution in [0.3, 0.4) is 0 Å². The van der Waals surface area contributed by atoms with Crippen LogP contribution in [0.4, 0.5) is 4.79 Å². The van der Waals surface area contributed by atoms with Gasteiger partial charge >= 0.3 is 6.03 Å². The zero-order chi connectivity index (χ0) is 16.8. The summed E-state index contributed by atoms with van der Waals surface area (Å²) in [5.41, 5.74) is 1.18. The first-order valence-corrected chi connectivity index (χ1v) is 9.19. The van der Waals surface area contributed by atoms with E-state index in [0.29, 0.717) is 19.2 Å². The molecule has 0 saturated carbocycles. The Balaban J connectivity index is 1.39. The molecule has 0 aromatic heterocycles. The summed E-state index contributed by atoms with van der Waals surface area (Å²) in [6, 6.07) is 8.42. The summed E-state index contributed by atoms with van der Waals surface area (Å²) in [5.74, 6) is 0.859. The van der Waals surface area contributed by atoms with Crippen LogP contribution in [0.15, 0.2) is 24.3 Å². The van der Waals surface area contributed by atoms with Gasteiger partial charge in [0.05, 0.1) is 6.54 Å². The van der Waals surface area contributed by atoms with E-state index in [1.165, 1.54) is 31.5 Å². The van der Waals surface area contributed by atoms with Crippen LogP contribution in [0.2, 0.25) is 0 Å². The number of amides is 2. The molecule has 0 aliphatic carbocycles. The van der Waals surface area contributed by atoms with Gasteiger partial charge in [-0.1, -0.05) is 12.1 Å². The Labute approximate surface area is 145 Å². The van der Waals surface area contributed by atoms with Crippen molar-refractivity contribution in [1.29, 1.82) is 0 Å². The lowest BCUT2D eigenvalue weighted by molar-refractivity contribution is 0.173. The number of rotatable bonds is 6. The zero-order valence-electron chi connectivity index (χ0n) is 14.7. The number of hydrogen-bond donors (Lipinski definition) is 1. The third-order valence-electron chi connectivity index (χ3n) is 4.94. The van der Waals surface area contributed by atoms with E-state index in [4.69, 9.17) is 4.74 Å². The number of likely N-dealkylation sites (tertiary alicyclic amines) is 2. The Morgan fingerprint density at radius 3 is 2.88 bits per heavy atom. The highest BCUT2D eigenvalue weighted by atomic mass is 16.5. The molecule has 0 bridgehead atoms. The van der Waals surface area contributed by atoms with Crippen molar-refractivity contribution in [2.45, 2.75) is 38.6 Å². The number of urea groups is 1. The van der Waals surface area contributed by atoms with E-state index in [1.54, 1.807) is 0 Å². The second-order valence-corrected chi connectivity index (χ2v) is 6.89. The summed E-state index contributed by atoms with van der Waals surface area (Å²) in [7, 11) is 0. The van der Waals surface area contributed by atoms with E-state index in [9.17, 15) is 4.79 Å². The number of carbonyl (C=O) groups is 1. The minimum Gasteiger partial charge on any atom is -0.492 e. The first-order valence-electron chi connectivity index (χ1n) is 9.19. The molecule has 1 aromatic carbocycles. The van der Waals surface area contributed by atoms with Crippen molar-refractivity contribution in [3.8, 4) is 5.75 Å². The fraction of sp³-hybridized carbons (Fsp3) is 0.632. The highest BCUT2D eigenvalue weighted by Crippen LogP contribution is 2.20. The largest absolute Gasteiger partial charge is 0.492 e. The number of benzene rings is 1. The number of nitrogens with zero attached hydrogens (tertiary/aromatic N) is 2. The van der Waals surface area contributed by atoms with Gasteiger partial charge in [0.25, 0.3) is 0 Å². The predicted octanol–water partition coefficient (Wildman–Crippen LogP) is 2.64. The van der Waals surface area contributed by atoms with E-state index in [2.05, 4.69) is 10.2 Å². The molecule has 2 fully saturated rings. The fourth-order valence-corrected chi connectivity index (χ4v) is 3.69. The standard InChI is InChI=1S/C19H29N3O2/c1-16-6-4-8-18(14-16)24-13-9-20-19(23)22-12-5-7-17(22)15-21-10-2-3-11-21/h4,6,8,14,17H,2-3,5,7,9-13,15H2,1H3,(H,20,23)/t17-/m0/s1. The molecule has 132 valence electrons. The molecular weight excluding hydrogens is 302 g/mol. The number of carbonyl (C=O) groups excluding carboxylic acids is 1. The summed E-state index contributed by atoms with van der Waals surface area (Å²) in [5, 5.41) is 3.01. The van der Waals surface area contributed by atoms with Crippen molar-refractivity contribution in [2.24, 2.45) is 0 Å². The average molecular weight is 331 g/mol. The number of ether oxygens (including phenoxy) is 1. The summed E-state index contributed by atoms with van der Waals surface area (Å²) >= 11 is 0. The molecule has 2 amide bonds. The normalized spacial score (nSPS) is 21.2. The predicted molar refractivity (Wildman–Crippen MR) is 95.5 cm³/mol. The van der Waals surface area contributed by atoms with Crippen molar-refractivity contribution in [3.63, 3.8) is 0 Å². The van der Waals surface area contributed by atoms with Crippen LogP contribution in [0.25, 0.3) is 0 Å². The quantitative estimate of drug-likeness (QED) is 0.815. The Kier molecular flexibility index (Phi) is 5.96. The maximum Gasteiger partial charge on any atom is 0.317 e. The molecule has 1 aromatic rings. The SMILES string of the molecule is Cc1cccc(OCCNC(=O)N2CCC[C@H]2CN2CCCC2)c1. The van der Waals surface area contributed by atoms with Gasteiger partial charge in [0, 0.05) is 19.1 Å². The minimum atomic E-state index is 0.0598. The lowest BCUT2D eigenvalue weighted by atomic mass is 10.2. The molecule has 3 rings (SSSR count). The van der Waals surface area contributed by atoms with Gasteiger partial charge in [-0.15, -0.1) is 0 Å². The van der Waals surface area contributed by atoms with Crippen molar-refractivity contribution in [1.82, 2.24) is 15.1 Å². The van der Waals surface area contributed by atoms with Gasteiger partial charge in [0.2, 0.25) is 0 Å². The molecule has 2 aliphatic heterocycles. The molecule has 5 nitrogen and oxygen atoms in total. The van der Waals surface area contributed by atoms with Gasteiger partial charge in [-0.05, 0) is 63.4 Å². The van der Waals surface area contributed by atoms with Gasteiger partial charge in [-0.25, -0.2) is 4.79 Å². The van der Waals surface area contributed by atoms with Crippen LogP contribution in [0.5, 0.6) is 5.75 Å². The van der Waals surface area contributed by atoms with Gasteiger partial charge in [-0.2, -0.15) is 0 Å². The zero-order valence-corrected chi connectivity index (χ0v) is 14.7. The third-order valence-corrected chi connectivity index (χ3v) is 4.94. The second-order valence-electron chi connectivity index (χ2n) is 6.89. The van der Waals surface area contributed by atoms with Crippen LogP contribution >= 0.6 is 0 Å². The van der Waals surface area contributed by atoms with Crippen molar-refractivity contribution in [3.05, 3.63) is 29.8 Å². The highest BCUT2D eigenvalue weighted by Gasteiger charge is 2.30. The lowest BCUT2D eigenvalue weighted by Crippen LogP contribution is -2.47. The number of nitrogens with one attached hydrogen (secondary N) is 1. The monoisotopic (exact) mass is 331 g/mol. The van der Waals surface area contributed by atoms with E-state index in [-0.39, 0.29) is 6.03 Å². The molecule has 0 spiro atoms. The van der Waals surface area contributed by atoms with Crippen molar-refractivity contribution < 1.29 is 9.53 Å². The maximum atomic E-state index is 12.4. The van der Waals surface area contributed by atoms with E-state index >= 15 is 0 Å². The molecule has 5 heteroatoms. The first-order chi connectivity index (χ1) is 11.7. The molecule has 24 heavy (non-hydrogen) atoms. The molecule has 2 heterocycles. The second kappa shape index (κ2) is 8.38. The average Bonchev–Trinajstić information content (AvgIpc) is 3.24.